The highest BCUT2D eigenvalue weighted by molar-refractivity contribution is 6.30. The van der Waals surface area contributed by atoms with E-state index in [1.54, 1.807) is 11.8 Å². The number of carbonyl (C=O) groups excluding carboxylic acids is 1. The fourth-order valence-electron chi connectivity index (χ4n) is 3.76. The molecule has 1 amide bonds. The van der Waals surface area contributed by atoms with Crippen molar-refractivity contribution in [1.29, 1.82) is 0 Å². The second kappa shape index (κ2) is 8.82. The highest BCUT2D eigenvalue weighted by Crippen LogP contribution is 2.30. The van der Waals surface area contributed by atoms with Crippen LogP contribution in [-0.4, -0.2) is 33.8 Å². The number of aromatic nitrogens is 3. The van der Waals surface area contributed by atoms with Crippen LogP contribution < -0.4 is 10.1 Å². The van der Waals surface area contributed by atoms with Gasteiger partial charge in [-0.15, -0.1) is 5.10 Å². The first-order valence-corrected chi connectivity index (χ1v) is 10.1. The number of benzene rings is 1. The molecule has 0 aliphatic rings. The van der Waals surface area contributed by atoms with Crippen LogP contribution in [0, 0.1) is 13.8 Å². The van der Waals surface area contributed by atoms with Crippen LogP contribution in [0.1, 0.15) is 35.7 Å². The summed E-state index contributed by atoms with van der Waals surface area (Å²) in [5, 5.41) is 9.07. The Morgan fingerprint density at radius 1 is 1.34 bits per heavy atom. The van der Waals surface area contributed by atoms with Gasteiger partial charge in [0.15, 0.2) is 5.65 Å². The van der Waals surface area contributed by atoms with Gasteiger partial charge in [-0.1, -0.05) is 23.7 Å². The van der Waals surface area contributed by atoms with Crippen LogP contribution in [0.5, 0.6) is 5.88 Å². The smallest absolute Gasteiger partial charge is 0.242 e. The third-order valence-electron chi connectivity index (χ3n) is 5.16. The van der Waals surface area contributed by atoms with Gasteiger partial charge in [0.05, 0.1) is 12.5 Å². The van der Waals surface area contributed by atoms with E-state index in [1.807, 2.05) is 52.1 Å². The van der Waals surface area contributed by atoms with Crippen LogP contribution in [0.3, 0.4) is 0 Å². The van der Waals surface area contributed by atoms with E-state index >= 15 is 0 Å². The fourth-order valence-corrected chi connectivity index (χ4v) is 3.97. The number of hydrogen-bond acceptors (Lipinski definition) is 4. The number of hydrogen-bond donors (Lipinski definition) is 1. The maximum atomic E-state index is 12.5. The minimum Gasteiger partial charge on any atom is -0.479 e. The zero-order chi connectivity index (χ0) is 21.1. The van der Waals surface area contributed by atoms with Gasteiger partial charge in [0.2, 0.25) is 11.8 Å². The SMILES string of the molecule is COc1nn(C)c2nc(C)c(CCC(=O)NC(C)Cc3cccc(Cl)c3)c(C)c12. The molecule has 6 nitrogen and oxygen atoms in total. The summed E-state index contributed by atoms with van der Waals surface area (Å²) < 4.78 is 7.13. The summed E-state index contributed by atoms with van der Waals surface area (Å²) in [5.74, 6) is 0.588. The summed E-state index contributed by atoms with van der Waals surface area (Å²) in [4.78, 5) is 17.2. The van der Waals surface area contributed by atoms with Gasteiger partial charge < -0.3 is 10.1 Å². The summed E-state index contributed by atoms with van der Waals surface area (Å²) in [6, 6.07) is 7.75. The molecule has 0 saturated heterocycles. The van der Waals surface area contributed by atoms with E-state index in [2.05, 4.69) is 15.4 Å². The first kappa shape index (κ1) is 21.1. The molecule has 7 heteroatoms. The van der Waals surface area contributed by atoms with Crippen LogP contribution in [-0.2, 0) is 24.7 Å². The largest absolute Gasteiger partial charge is 0.479 e. The zero-order valence-corrected chi connectivity index (χ0v) is 18.3. The molecule has 0 aliphatic carbocycles. The first-order valence-electron chi connectivity index (χ1n) is 9.70. The summed E-state index contributed by atoms with van der Waals surface area (Å²) in [5.41, 5.74) is 4.95. The van der Waals surface area contributed by atoms with Crippen LogP contribution in [0.4, 0.5) is 0 Å². The minimum atomic E-state index is 0.0246. The molecule has 0 bridgehead atoms. The third kappa shape index (κ3) is 4.70. The van der Waals surface area contributed by atoms with Crippen molar-refractivity contribution in [3.05, 3.63) is 51.7 Å². The van der Waals surface area contributed by atoms with Gasteiger partial charge in [-0.3, -0.25) is 4.79 Å². The second-order valence-electron chi connectivity index (χ2n) is 7.43. The number of pyridine rings is 1. The quantitative estimate of drug-likeness (QED) is 0.636. The predicted octanol–water partition coefficient (Wildman–Crippen LogP) is 3.93. The highest BCUT2D eigenvalue weighted by Gasteiger charge is 2.18. The second-order valence-corrected chi connectivity index (χ2v) is 7.87. The van der Waals surface area contributed by atoms with E-state index < -0.39 is 0 Å². The third-order valence-corrected chi connectivity index (χ3v) is 5.39. The van der Waals surface area contributed by atoms with E-state index in [1.165, 1.54) is 0 Å². The summed E-state index contributed by atoms with van der Waals surface area (Å²) >= 11 is 6.04. The lowest BCUT2D eigenvalue weighted by atomic mass is 10.00. The van der Waals surface area contributed by atoms with Gasteiger partial charge in [-0.05, 0) is 62.4 Å². The Kier molecular flexibility index (Phi) is 6.42. The van der Waals surface area contributed by atoms with Crippen molar-refractivity contribution < 1.29 is 9.53 Å². The van der Waals surface area contributed by atoms with Crippen LogP contribution in [0.2, 0.25) is 5.02 Å². The monoisotopic (exact) mass is 414 g/mol. The molecule has 1 aromatic carbocycles. The number of rotatable bonds is 7. The van der Waals surface area contributed by atoms with Crippen molar-refractivity contribution in [3.8, 4) is 5.88 Å². The van der Waals surface area contributed by atoms with Gasteiger partial charge in [0.1, 0.15) is 0 Å². The molecule has 2 aromatic heterocycles. The molecule has 0 aliphatic heterocycles. The van der Waals surface area contributed by atoms with E-state index in [-0.39, 0.29) is 11.9 Å². The zero-order valence-electron chi connectivity index (χ0n) is 17.5. The number of ether oxygens (including phenoxy) is 1. The number of carbonyl (C=O) groups is 1. The van der Waals surface area contributed by atoms with Crippen LogP contribution in [0.25, 0.3) is 11.0 Å². The van der Waals surface area contributed by atoms with Crippen LogP contribution in [0.15, 0.2) is 24.3 Å². The number of nitrogens with zero attached hydrogens (tertiary/aromatic N) is 3. The Balaban J connectivity index is 1.67. The van der Waals surface area contributed by atoms with Crippen LogP contribution >= 0.6 is 11.6 Å². The molecule has 0 radical (unpaired) electrons. The number of halogens is 1. The molecule has 154 valence electrons. The first-order chi connectivity index (χ1) is 13.8. The maximum Gasteiger partial charge on any atom is 0.242 e. The number of amides is 1. The molecule has 3 rings (SSSR count). The van der Waals surface area contributed by atoms with Gasteiger partial charge in [-0.25, -0.2) is 9.67 Å². The molecule has 0 fully saturated rings. The summed E-state index contributed by atoms with van der Waals surface area (Å²) in [6.45, 7) is 6.01. The minimum absolute atomic E-state index is 0.0246. The average Bonchev–Trinajstić information content (AvgIpc) is 2.97. The van der Waals surface area contributed by atoms with Crippen molar-refractivity contribution in [1.82, 2.24) is 20.1 Å². The molecule has 29 heavy (non-hydrogen) atoms. The lowest BCUT2D eigenvalue weighted by Gasteiger charge is -2.15. The van der Waals surface area contributed by atoms with E-state index in [9.17, 15) is 4.79 Å². The fraction of sp³-hybridized carbons (Fsp3) is 0.409. The molecule has 1 unspecified atom stereocenters. The summed E-state index contributed by atoms with van der Waals surface area (Å²) in [7, 11) is 3.46. The highest BCUT2D eigenvalue weighted by atomic mass is 35.5. The van der Waals surface area contributed by atoms with Gasteiger partial charge in [-0.2, -0.15) is 0 Å². The standard InChI is InChI=1S/C22H27ClN4O2/c1-13(11-16-7-6-8-17(23)12-16)24-19(28)10-9-18-14(2)20-21(25-15(18)3)27(4)26-22(20)29-5/h6-8,12-13H,9-11H2,1-5H3,(H,24,28). The Labute approximate surface area is 176 Å². The summed E-state index contributed by atoms with van der Waals surface area (Å²) in [6.07, 6.45) is 1.76. The lowest BCUT2D eigenvalue weighted by Crippen LogP contribution is -2.34. The van der Waals surface area contributed by atoms with Gasteiger partial charge >= 0.3 is 0 Å². The van der Waals surface area contributed by atoms with Gasteiger partial charge in [0, 0.05) is 30.2 Å². The Hall–Kier alpha value is -2.60. The van der Waals surface area contributed by atoms with E-state index in [4.69, 9.17) is 16.3 Å². The van der Waals surface area contributed by atoms with Crippen molar-refractivity contribution >= 4 is 28.5 Å². The Bertz CT molecular complexity index is 1040. The topological polar surface area (TPSA) is 69.0 Å². The number of methoxy groups -OCH3 is 1. The molecule has 0 spiro atoms. The molecule has 2 heterocycles. The van der Waals surface area contributed by atoms with E-state index in [0.717, 1.165) is 39.8 Å². The molecule has 0 saturated carbocycles. The number of nitrogens with one attached hydrogen (secondary N) is 1. The normalized spacial score (nSPS) is 12.2. The lowest BCUT2D eigenvalue weighted by molar-refractivity contribution is -0.121. The van der Waals surface area contributed by atoms with Crippen molar-refractivity contribution in [2.24, 2.45) is 7.05 Å². The molecule has 3 aromatic rings. The van der Waals surface area contributed by atoms with Crippen molar-refractivity contribution in [2.75, 3.05) is 7.11 Å². The maximum absolute atomic E-state index is 12.5. The molecular weight excluding hydrogens is 388 g/mol. The van der Waals surface area contributed by atoms with Crippen molar-refractivity contribution in [3.63, 3.8) is 0 Å². The Morgan fingerprint density at radius 3 is 2.79 bits per heavy atom. The van der Waals surface area contributed by atoms with E-state index in [0.29, 0.717) is 23.7 Å². The molecule has 1 N–H and O–H groups in total. The average molecular weight is 415 g/mol. The molecular formula is C22H27ClN4O2. The molecule has 1 atom stereocenters. The van der Waals surface area contributed by atoms with Crippen molar-refractivity contribution in [2.45, 2.75) is 46.1 Å². The number of fused-ring (bicyclic) bond motifs is 1. The number of aryl methyl sites for hydroxylation is 3. The Morgan fingerprint density at radius 2 is 2.10 bits per heavy atom. The predicted molar refractivity (Wildman–Crippen MR) is 116 cm³/mol. The van der Waals surface area contributed by atoms with Gasteiger partial charge in [0.25, 0.3) is 0 Å².